The lowest BCUT2D eigenvalue weighted by molar-refractivity contribution is 0.0906. The summed E-state index contributed by atoms with van der Waals surface area (Å²) in [6, 6.07) is 6.09. The Morgan fingerprint density at radius 1 is 1.31 bits per heavy atom. The number of fused-ring (bicyclic) bond motifs is 1. The number of hydrogen-bond donors (Lipinski definition) is 0. The molecule has 0 unspecified atom stereocenters. The van der Waals surface area contributed by atoms with E-state index in [4.69, 9.17) is 14.2 Å². The highest BCUT2D eigenvalue weighted by Crippen LogP contribution is 2.42. The summed E-state index contributed by atoms with van der Waals surface area (Å²) in [5.74, 6) is 2.17. The van der Waals surface area contributed by atoms with Gasteiger partial charge in [-0.05, 0) is 50.1 Å². The summed E-state index contributed by atoms with van der Waals surface area (Å²) >= 11 is 0. The van der Waals surface area contributed by atoms with Crippen LogP contribution in [0.1, 0.15) is 51.0 Å². The number of rotatable bonds is 5. The predicted molar refractivity (Wildman–Crippen MR) is 104 cm³/mol. The van der Waals surface area contributed by atoms with Crippen LogP contribution in [0.5, 0.6) is 11.5 Å². The molecule has 3 heterocycles. The van der Waals surface area contributed by atoms with Gasteiger partial charge in [-0.25, -0.2) is 9.48 Å². The molecule has 1 saturated heterocycles. The van der Waals surface area contributed by atoms with E-state index in [0.717, 1.165) is 30.6 Å². The van der Waals surface area contributed by atoms with E-state index < -0.39 is 0 Å². The number of amides is 1. The van der Waals surface area contributed by atoms with Crippen molar-refractivity contribution in [3.05, 3.63) is 29.6 Å². The molecule has 2 aliphatic heterocycles. The Morgan fingerprint density at radius 3 is 2.86 bits per heavy atom. The van der Waals surface area contributed by atoms with Gasteiger partial charge in [0.2, 0.25) is 0 Å². The van der Waals surface area contributed by atoms with E-state index >= 15 is 0 Å². The molecule has 1 aromatic carbocycles. The summed E-state index contributed by atoms with van der Waals surface area (Å²) in [6.45, 7) is 7.84. The number of nitrogens with zero attached hydrogens (tertiary/aromatic N) is 5. The highest BCUT2D eigenvalue weighted by molar-refractivity contribution is 5.67. The molecule has 29 heavy (non-hydrogen) atoms. The lowest BCUT2D eigenvalue weighted by Gasteiger charge is -2.31. The minimum Gasteiger partial charge on any atom is -0.483 e. The number of piperidine rings is 1. The van der Waals surface area contributed by atoms with Crippen molar-refractivity contribution in [1.82, 2.24) is 25.1 Å². The second kappa shape index (κ2) is 7.88. The average Bonchev–Trinajstić information content (AvgIpc) is 3.29. The Hall–Kier alpha value is -2.84. The quantitative estimate of drug-likeness (QED) is 0.761. The topological polar surface area (TPSA) is 91.6 Å². The number of ether oxygens (including phenoxy) is 3. The molecule has 0 aliphatic carbocycles. The van der Waals surface area contributed by atoms with Crippen LogP contribution in [-0.4, -0.2) is 56.5 Å². The fraction of sp³-hybridized carbons (Fsp3) is 0.600. The molecule has 9 heteroatoms. The summed E-state index contributed by atoms with van der Waals surface area (Å²) < 4.78 is 19.0. The smallest absolute Gasteiger partial charge is 0.409 e. The van der Waals surface area contributed by atoms with Crippen molar-refractivity contribution in [3.63, 3.8) is 0 Å². The molecule has 0 bridgehead atoms. The van der Waals surface area contributed by atoms with Crippen LogP contribution in [0.25, 0.3) is 0 Å². The largest absolute Gasteiger partial charge is 0.483 e. The van der Waals surface area contributed by atoms with E-state index in [1.54, 1.807) is 4.90 Å². The molecule has 2 aromatic rings. The minimum absolute atomic E-state index is 0.131. The van der Waals surface area contributed by atoms with Gasteiger partial charge in [-0.1, -0.05) is 12.1 Å². The van der Waals surface area contributed by atoms with Crippen molar-refractivity contribution in [2.45, 2.75) is 58.3 Å². The summed E-state index contributed by atoms with van der Waals surface area (Å²) in [5, 5.41) is 12.1. The van der Waals surface area contributed by atoms with Crippen LogP contribution in [0.15, 0.2) is 18.2 Å². The maximum Gasteiger partial charge on any atom is 0.409 e. The van der Waals surface area contributed by atoms with Crippen molar-refractivity contribution in [1.29, 1.82) is 0 Å². The monoisotopic (exact) mass is 401 g/mol. The van der Waals surface area contributed by atoms with Crippen LogP contribution in [0.2, 0.25) is 0 Å². The zero-order valence-corrected chi connectivity index (χ0v) is 17.1. The summed E-state index contributed by atoms with van der Waals surface area (Å²) in [5.41, 5.74) is 0.925. The van der Waals surface area contributed by atoms with Gasteiger partial charge in [0.25, 0.3) is 0 Å². The van der Waals surface area contributed by atoms with Crippen LogP contribution in [0.4, 0.5) is 4.79 Å². The third kappa shape index (κ3) is 4.13. The van der Waals surface area contributed by atoms with Gasteiger partial charge in [0, 0.05) is 25.1 Å². The van der Waals surface area contributed by atoms with E-state index in [9.17, 15) is 4.79 Å². The van der Waals surface area contributed by atoms with E-state index in [1.165, 1.54) is 0 Å². The van der Waals surface area contributed by atoms with Crippen LogP contribution >= 0.6 is 0 Å². The van der Waals surface area contributed by atoms with E-state index in [0.29, 0.717) is 31.3 Å². The molecule has 0 radical (unpaired) electrons. The maximum absolute atomic E-state index is 11.9. The van der Waals surface area contributed by atoms with Crippen LogP contribution < -0.4 is 9.47 Å². The Bertz CT molecular complexity index is 874. The Labute approximate surface area is 169 Å². The molecule has 0 saturated carbocycles. The molecule has 1 fully saturated rings. The normalized spacial score (nSPS) is 18.2. The van der Waals surface area contributed by atoms with Crippen molar-refractivity contribution < 1.29 is 19.0 Å². The van der Waals surface area contributed by atoms with Gasteiger partial charge in [0.15, 0.2) is 17.3 Å². The molecular weight excluding hydrogens is 374 g/mol. The molecule has 0 spiro atoms. The van der Waals surface area contributed by atoms with Crippen LogP contribution in [0.3, 0.4) is 0 Å². The first kappa shape index (κ1) is 19.5. The first-order valence-corrected chi connectivity index (χ1v) is 10.1. The zero-order chi connectivity index (χ0) is 20.4. The molecule has 4 rings (SSSR count). The second-order valence-electron chi connectivity index (χ2n) is 8.03. The number of carbonyl (C=O) groups is 1. The minimum atomic E-state index is -0.257. The average molecular weight is 401 g/mol. The molecule has 2 aliphatic rings. The molecule has 0 N–H and O–H groups in total. The Morgan fingerprint density at radius 2 is 2.10 bits per heavy atom. The number of likely N-dealkylation sites (tertiary alicyclic amines) is 1. The molecule has 1 amide bonds. The number of benzene rings is 1. The van der Waals surface area contributed by atoms with Crippen LogP contribution in [0, 0.1) is 0 Å². The number of hydrogen-bond acceptors (Lipinski definition) is 7. The third-order valence-electron chi connectivity index (χ3n) is 5.31. The number of tetrazole rings is 1. The van der Waals surface area contributed by atoms with E-state index in [-0.39, 0.29) is 24.3 Å². The fourth-order valence-electron chi connectivity index (χ4n) is 3.94. The first-order valence-electron chi connectivity index (χ1n) is 10.1. The maximum atomic E-state index is 11.9. The highest BCUT2D eigenvalue weighted by Gasteiger charge is 2.32. The zero-order valence-electron chi connectivity index (χ0n) is 17.1. The molecule has 1 aromatic heterocycles. The molecule has 0 atom stereocenters. The fourth-order valence-corrected chi connectivity index (χ4v) is 3.94. The van der Waals surface area contributed by atoms with Gasteiger partial charge in [-0.3, -0.25) is 0 Å². The number of para-hydroxylation sites is 1. The molecule has 9 nitrogen and oxygen atoms in total. The van der Waals surface area contributed by atoms with Crippen molar-refractivity contribution in [3.8, 4) is 11.5 Å². The standard InChI is InChI=1S/C20H27N5O4/c1-4-27-19(26)24-10-8-15(9-11-24)25-17(21-22-23-25)13-28-16-7-5-6-14-12-20(2,3)29-18(14)16/h5-7,15H,4,8-13H2,1-3H3. The predicted octanol–water partition coefficient (Wildman–Crippen LogP) is 2.76. The lowest BCUT2D eigenvalue weighted by Crippen LogP contribution is -2.39. The highest BCUT2D eigenvalue weighted by atomic mass is 16.6. The Kier molecular flexibility index (Phi) is 5.29. The summed E-state index contributed by atoms with van der Waals surface area (Å²) in [6.07, 6.45) is 2.15. The molecule has 156 valence electrons. The van der Waals surface area contributed by atoms with Crippen LogP contribution in [-0.2, 0) is 17.8 Å². The van der Waals surface area contributed by atoms with Gasteiger partial charge in [0.05, 0.1) is 12.6 Å². The van der Waals surface area contributed by atoms with Crippen molar-refractivity contribution in [2.24, 2.45) is 0 Å². The molecular formula is C20H27N5O4. The van der Waals surface area contributed by atoms with Gasteiger partial charge >= 0.3 is 6.09 Å². The van der Waals surface area contributed by atoms with E-state index in [1.807, 2.05) is 23.7 Å². The SMILES string of the molecule is CCOC(=O)N1CCC(n2nnnc2COc2cccc3c2OC(C)(C)C3)CC1. The van der Waals surface area contributed by atoms with Gasteiger partial charge in [-0.2, -0.15) is 0 Å². The summed E-state index contributed by atoms with van der Waals surface area (Å²) in [4.78, 5) is 13.6. The number of carbonyl (C=O) groups excluding carboxylic acids is 1. The van der Waals surface area contributed by atoms with Gasteiger partial charge in [0.1, 0.15) is 12.2 Å². The van der Waals surface area contributed by atoms with Crippen molar-refractivity contribution >= 4 is 6.09 Å². The summed E-state index contributed by atoms with van der Waals surface area (Å²) in [7, 11) is 0. The van der Waals surface area contributed by atoms with Gasteiger partial charge in [-0.15, -0.1) is 5.10 Å². The van der Waals surface area contributed by atoms with E-state index in [2.05, 4.69) is 35.4 Å². The number of aromatic nitrogens is 4. The first-order chi connectivity index (χ1) is 14.0. The second-order valence-corrected chi connectivity index (χ2v) is 8.03. The lowest BCUT2D eigenvalue weighted by atomic mass is 10.0. The third-order valence-corrected chi connectivity index (χ3v) is 5.31. The van der Waals surface area contributed by atoms with Crippen molar-refractivity contribution in [2.75, 3.05) is 19.7 Å². The van der Waals surface area contributed by atoms with Gasteiger partial charge < -0.3 is 19.1 Å². The Balaban J connectivity index is 1.39.